The highest BCUT2D eigenvalue weighted by Crippen LogP contribution is 2.60. The lowest BCUT2D eigenvalue weighted by Crippen LogP contribution is -2.51. The van der Waals surface area contributed by atoms with Crippen LogP contribution in [0.3, 0.4) is 0 Å². The summed E-state index contributed by atoms with van der Waals surface area (Å²) in [6, 6.07) is 7.51. The second kappa shape index (κ2) is 5.31. The van der Waals surface area contributed by atoms with Crippen LogP contribution in [-0.2, 0) is 11.3 Å². The van der Waals surface area contributed by atoms with Gasteiger partial charge in [0.2, 0.25) is 5.58 Å². The smallest absolute Gasteiger partial charge is 0.297 e. The molecule has 2 aromatic heterocycles. The summed E-state index contributed by atoms with van der Waals surface area (Å²) in [7, 11) is 0. The quantitative estimate of drug-likeness (QED) is 0.708. The van der Waals surface area contributed by atoms with Crippen LogP contribution in [0.1, 0.15) is 38.5 Å². The van der Waals surface area contributed by atoms with Crippen molar-refractivity contribution in [2.24, 2.45) is 23.2 Å². The zero-order chi connectivity index (χ0) is 18.2. The van der Waals surface area contributed by atoms with Crippen molar-refractivity contribution in [1.29, 1.82) is 0 Å². The molecule has 5 nitrogen and oxygen atoms in total. The number of rotatable bonds is 3. The van der Waals surface area contributed by atoms with Crippen LogP contribution < -0.4 is 5.56 Å². The molecule has 3 aromatic rings. The molecule has 0 atom stereocenters. The topological polar surface area (TPSA) is 65.1 Å². The Morgan fingerprint density at radius 1 is 1.11 bits per heavy atom. The summed E-state index contributed by atoms with van der Waals surface area (Å²) >= 11 is 0. The van der Waals surface area contributed by atoms with Gasteiger partial charge in [0.15, 0.2) is 5.78 Å². The molecule has 1 aromatic carbocycles. The maximum absolute atomic E-state index is 13.3. The van der Waals surface area contributed by atoms with Gasteiger partial charge in [-0.2, -0.15) is 0 Å². The summed E-state index contributed by atoms with van der Waals surface area (Å²) in [6.07, 6.45) is 8.49. The molecule has 0 spiro atoms. The van der Waals surface area contributed by atoms with E-state index in [4.69, 9.17) is 4.42 Å². The summed E-state index contributed by atoms with van der Waals surface area (Å²) in [4.78, 5) is 30.7. The highest BCUT2D eigenvalue weighted by molar-refractivity contribution is 6.01. The van der Waals surface area contributed by atoms with Crippen molar-refractivity contribution in [2.45, 2.75) is 45.1 Å². The van der Waals surface area contributed by atoms with E-state index < -0.39 is 0 Å². The van der Waals surface area contributed by atoms with Gasteiger partial charge in [-0.1, -0.05) is 12.1 Å². The van der Waals surface area contributed by atoms with E-state index in [0.29, 0.717) is 28.9 Å². The Hall–Kier alpha value is -2.43. The second-order valence-electron chi connectivity index (χ2n) is 9.07. The predicted octanol–water partition coefficient (Wildman–Crippen LogP) is 3.93. The fourth-order valence-electron chi connectivity index (χ4n) is 6.50. The van der Waals surface area contributed by atoms with Gasteiger partial charge in [0.25, 0.3) is 5.56 Å². The summed E-state index contributed by atoms with van der Waals surface area (Å²) < 4.78 is 7.20. The highest BCUT2D eigenvalue weighted by Gasteiger charge is 2.54. The Labute approximate surface area is 156 Å². The monoisotopic (exact) mass is 362 g/mol. The number of furan rings is 1. The van der Waals surface area contributed by atoms with Crippen LogP contribution in [0.2, 0.25) is 0 Å². The third kappa shape index (κ3) is 2.20. The first-order valence-electron chi connectivity index (χ1n) is 10.0. The molecule has 4 bridgehead atoms. The van der Waals surface area contributed by atoms with Crippen LogP contribution >= 0.6 is 0 Å². The molecule has 5 heteroatoms. The Kier molecular flexibility index (Phi) is 3.07. The molecule has 0 radical (unpaired) electrons. The number of fused-ring (bicyclic) bond motifs is 3. The van der Waals surface area contributed by atoms with E-state index in [1.807, 2.05) is 24.3 Å². The van der Waals surface area contributed by atoms with Crippen molar-refractivity contribution in [1.82, 2.24) is 9.55 Å². The number of hydrogen-bond acceptors (Lipinski definition) is 4. The molecule has 0 amide bonds. The van der Waals surface area contributed by atoms with Crippen LogP contribution in [0.15, 0.2) is 39.8 Å². The lowest BCUT2D eigenvalue weighted by atomic mass is 9.48. The number of para-hydroxylation sites is 1. The Bertz CT molecular complexity index is 1100. The molecule has 4 fully saturated rings. The number of hydrogen-bond donors (Lipinski definition) is 0. The first-order valence-corrected chi connectivity index (χ1v) is 10.0. The lowest BCUT2D eigenvalue weighted by Gasteiger charge is -2.56. The number of nitrogens with zero attached hydrogens (tertiary/aromatic N) is 2. The largest absolute Gasteiger partial charge is 0.448 e. The molecule has 4 saturated carbocycles. The number of carbonyl (C=O) groups is 1. The van der Waals surface area contributed by atoms with Crippen LogP contribution in [0.5, 0.6) is 0 Å². The lowest BCUT2D eigenvalue weighted by molar-refractivity contribution is -0.144. The molecule has 0 N–H and O–H groups in total. The van der Waals surface area contributed by atoms with E-state index in [-0.39, 0.29) is 28.9 Å². The number of carbonyl (C=O) groups excluding carboxylic acids is 1. The Morgan fingerprint density at radius 2 is 1.78 bits per heavy atom. The van der Waals surface area contributed by atoms with Gasteiger partial charge < -0.3 is 4.42 Å². The molecule has 27 heavy (non-hydrogen) atoms. The van der Waals surface area contributed by atoms with Crippen molar-refractivity contribution in [3.8, 4) is 0 Å². The average molecular weight is 362 g/mol. The van der Waals surface area contributed by atoms with Gasteiger partial charge in [-0.25, -0.2) is 4.98 Å². The number of Topliss-reactive ketones (excluding diaryl/α,β-unsaturated/α-hetero) is 1. The van der Waals surface area contributed by atoms with E-state index in [1.54, 1.807) is 0 Å². The summed E-state index contributed by atoms with van der Waals surface area (Å²) in [6.45, 7) is 0.116. The number of ketones is 1. The van der Waals surface area contributed by atoms with Crippen molar-refractivity contribution in [3.63, 3.8) is 0 Å². The van der Waals surface area contributed by atoms with Gasteiger partial charge in [-0.15, -0.1) is 0 Å². The normalized spacial score (nSPS) is 31.8. The first-order chi connectivity index (χ1) is 13.1. The van der Waals surface area contributed by atoms with Crippen molar-refractivity contribution < 1.29 is 9.21 Å². The van der Waals surface area contributed by atoms with Crippen molar-refractivity contribution in [2.75, 3.05) is 0 Å². The highest BCUT2D eigenvalue weighted by atomic mass is 16.3. The Morgan fingerprint density at radius 3 is 2.48 bits per heavy atom. The molecule has 4 aliphatic carbocycles. The van der Waals surface area contributed by atoms with E-state index in [0.717, 1.165) is 24.6 Å². The maximum atomic E-state index is 13.3. The van der Waals surface area contributed by atoms with Crippen molar-refractivity contribution >= 4 is 27.9 Å². The minimum absolute atomic E-state index is 0.116. The van der Waals surface area contributed by atoms with Crippen LogP contribution in [-0.4, -0.2) is 15.3 Å². The standard InChI is InChI=1S/C22H22N2O3/c25-18(22-8-13-5-14(9-22)7-15(6-13)10-22)11-24-12-23-19-16-3-1-2-4-17(16)27-20(19)21(24)26/h1-4,12-15H,5-11H2. The summed E-state index contributed by atoms with van der Waals surface area (Å²) in [5.74, 6) is 2.37. The summed E-state index contributed by atoms with van der Waals surface area (Å²) in [5, 5.41) is 0.837. The third-order valence-corrected chi connectivity index (χ3v) is 7.29. The van der Waals surface area contributed by atoms with Gasteiger partial charge >= 0.3 is 0 Å². The minimum atomic E-state index is -0.255. The van der Waals surface area contributed by atoms with Crippen LogP contribution in [0.4, 0.5) is 0 Å². The van der Waals surface area contributed by atoms with E-state index in [1.165, 1.54) is 30.2 Å². The van der Waals surface area contributed by atoms with E-state index >= 15 is 0 Å². The average Bonchev–Trinajstić information content (AvgIpc) is 3.02. The maximum Gasteiger partial charge on any atom is 0.297 e. The van der Waals surface area contributed by atoms with Gasteiger partial charge in [0, 0.05) is 10.8 Å². The third-order valence-electron chi connectivity index (χ3n) is 7.29. The number of aromatic nitrogens is 2. The molecule has 0 unspecified atom stereocenters. The SMILES string of the molecule is O=C(Cn1cnc2c(oc3ccccc32)c1=O)C12CC3CC(CC(C3)C1)C2. The predicted molar refractivity (Wildman–Crippen MR) is 101 cm³/mol. The Balaban J connectivity index is 1.37. The second-order valence-corrected chi connectivity index (χ2v) is 9.07. The molecule has 0 saturated heterocycles. The van der Waals surface area contributed by atoms with Gasteiger partial charge in [-0.3, -0.25) is 14.2 Å². The van der Waals surface area contributed by atoms with Gasteiger partial charge in [0.1, 0.15) is 11.1 Å². The van der Waals surface area contributed by atoms with Gasteiger partial charge in [-0.05, 0) is 68.4 Å². The fraction of sp³-hybridized carbons (Fsp3) is 0.500. The number of benzene rings is 1. The van der Waals surface area contributed by atoms with Gasteiger partial charge in [0.05, 0.1) is 12.9 Å². The molecule has 7 rings (SSSR count). The van der Waals surface area contributed by atoms with E-state index in [9.17, 15) is 9.59 Å². The molecule has 2 heterocycles. The molecular weight excluding hydrogens is 340 g/mol. The first kappa shape index (κ1) is 15.6. The molecule has 138 valence electrons. The zero-order valence-electron chi connectivity index (χ0n) is 15.2. The fourth-order valence-corrected chi connectivity index (χ4v) is 6.50. The molecule has 4 aliphatic rings. The van der Waals surface area contributed by atoms with Crippen LogP contribution in [0, 0.1) is 23.2 Å². The summed E-state index contributed by atoms with van der Waals surface area (Å²) in [5.41, 5.74) is 1.03. The molecular formula is C22H22N2O3. The zero-order valence-corrected chi connectivity index (χ0v) is 15.2. The van der Waals surface area contributed by atoms with E-state index in [2.05, 4.69) is 4.98 Å². The van der Waals surface area contributed by atoms with Crippen molar-refractivity contribution in [3.05, 3.63) is 40.9 Å². The molecule has 0 aliphatic heterocycles. The van der Waals surface area contributed by atoms with Crippen LogP contribution in [0.25, 0.3) is 22.1 Å². The minimum Gasteiger partial charge on any atom is -0.448 e.